The minimum atomic E-state index is -0.353. The van der Waals surface area contributed by atoms with Crippen LogP contribution in [0.5, 0.6) is 0 Å². The van der Waals surface area contributed by atoms with Crippen LogP contribution in [-0.4, -0.2) is 19.1 Å². The number of rotatable bonds is 3. The van der Waals surface area contributed by atoms with Crippen molar-refractivity contribution in [3.63, 3.8) is 0 Å². The summed E-state index contributed by atoms with van der Waals surface area (Å²) in [4.78, 5) is 11.6. The minimum Gasteiger partial charge on any atom is -0.466 e. The van der Waals surface area contributed by atoms with Gasteiger partial charge in [0.25, 0.3) is 0 Å². The van der Waals surface area contributed by atoms with Gasteiger partial charge >= 0.3 is 5.97 Å². The van der Waals surface area contributed by atoms with Crippen LogP contribution in [0.4, 0.5) is 0 Å². The Labute approximate surface area is 79.6 Å². The first-order chi connectivity index (χ1) is 6.25. The normalized spacial score (nSPS) is 21.1. The Morgan fingerprint density at radius 1 is 1.38 bits per heavy atom. The highest BCUT2D eigenvalue weighted by molar-refractivity contribution is 5.77. The second kappa shape index (κ2) is 4.61. The van der Waals surface area contributed by atoms with E-state index in [1.54, 1.807) is 0 Å². The summed E-state index contributed by atoms with van der Waals surface area (Å²) in [5.74, 6) is -0.0859. The summed E-state index contributed by atoms with van der Waals surface area (Å²) >= 11 is 0. The molecule has 1 rings (SSSR count). The van der Waals surface area contributed by atoms with Crippen molar-refractivity contribution >= 4 is 5.97 Å². The van der Waals surface area contributed by atoms with E-state index < -0.39 is 0 Å². The maximum atomic E-state index is 11.6. The van der Waals surface area contributed by atoms with Gasteiger partial charge in [-0.25, -0.2) is 0 Å². The third-order valence-corrected chi connectivity index (χ3v) is 2.91. The molecule has 3 heteroatoms. The monoisotopic (exact) mass is 185 g/mol. The highest BCUT2D eigenvalue weighted by Crippen LogP contribution is 2.36. The lowest BCUT2D eigenvalue weighted by atomic mass is 9.74. The molecule has 0 aromatic heterocycles. The molecule has 0 radical (unpaired) electrons. The first-order valence-corrected chi connectivity index (χ1v) is 5.12. The fourth-order valence-corrected chi connectivity index (χ4v) is 2.00. The Balaban J connectivity index is 2.61. The van der Waals surface area contributed by atoms with Crippen molar-refractivity contribution in [2.24, 2.45) is 11.1 Å². The zero-order chi connectivity index (χ0) is 9.73. The SMILES string of the molecule is CCOC(=O)C1(CN)CCCCC1. The molecule has 1 aliphatic rings. The highest BCUT2D eigenvalue weighted by Gasteiger charge is 2.39. The lowest BCUT2D eigenvalue weighted by Gasteiger charge is -2.33. The molecule has 0 aromatic rings. The van der Waals surface area contributed by atoms with Crippen molar-refractivity contribution in [1.29, 1.82) is 0 Å². The van der Waals surface area contributed by atoms with Gasteiger partial charge in [-0.2, -0.15) is 0 Å². The third-order valence-electron chi connectivity index (χ3n) is 2.91. The number of nitrogens with two attached hydrogens (primary N) is 1. The van der Waals surface area contributed by atoms with Gasteiger partial charge in [0.15, 0.2) is 0 Å². The molecule has 0 heterocycles. The Hall–Kier alpha value is -0.570. The quantitative estimate of drug-likeness (QED) is 0.677. The second-order valence-corrected chi connectivity index (χ2v) is 3.77. The standard InChI is InChI=1S/C10H19NO2/c1-2-13-9(12)10(8-11)6-4-3-5-7-10/h2-8,11H2,1H3. The summed E-state index contributed by atoms with van der Waals surface area (Å²) in [5.41, 5.74) is 5.32. The molecule has 1 fully saturated rings. The van der Waals surface area contributed by atoms with Crippen LogP contribution in [0.3, 0.4) is 0 Å². The van der Waals surface area contributed by atoms with Gasteiger partial charge in [-0.05, 0) is 19.8 Å². The van der Waals surface area contributed by atoms with E-state index in [0.29, 0.717) is 13.2 Å². The topological polar surface area (TPSA) is 52.3 Å². The number of esters is 1. The first kappa shape index (κ1) is 10.5. The zero-order valence-corrected chi connectivity index (χ0v) is 8.34. The smallest absolute Gasteiger partial charge is 0.313 e. The molecular weight excluding hydrogens is 166 g/mol. The van der Waals surface area contributed by atoms with E-state index in [2.05, 4.69) is 0 Å². The molecule has 2 N–H and O–H groups in total. The molecule has 0 amide bonds. The lowest BCUT2D eigenvalue weighted by molar-refractivity contribution is -0.156. The van der Waals surface area contributed by atoms with Crippen LogP contribution >= 0.6 is 0 Å². The van der Waals surface area contributed by atoms with Crippen molar-refractivity contribution in [3.8, 4) is 0 Å². The summed E-state index contributed by atoms with van der Waals surface area (Å²) in [6.07, 6.45) is 5.25. The molecule has 0 aromatic carbocycles. The van der Waals surface area contributed by atoms with E-state index in [9.17, 15) is 4.79 Å². The Bertz CT molecular complexity index is 174. The molecule has 0 saturated heterocycles. The highest BCUT2D eigenvalue weighted by atomic mass is 16.5. The number of hydrogen-bond acceptors (Lipinski definition) is 3. The largest absolute Gasteiger partial charge is 0.466 e. The molecule has 1 aliphatic carbocycles. The van der Waals surface area contributed by atoms with Crippen molar-refractivity contribution in [2.45, 2.75) is 39.0 Å². The average molecular weight is 185 g/mol. The van der Waals surface area contributed by atoms with E-state index in [0.717, 1.165) is 25.7 Å². The van der Waals surface area contributed by atoms with Gasteiger partial charge in [0.05, 0.1) is 12.0 Å². The molecular formula is C10H19NO2. The Kier molecular flexibility index (Phi) is 3.72. The van der Waals surface area contributed by atoms with Crippen LogP contribution < -0.4 is 5.73 Å². The van der Waals surface area contributed by atoms with Crippen molar-refractivity contribution < 1.29 is 9.53 Å². The summed E-state index contributed by atoms with van der Waals surface area (Å²) in [6, 6.07) is 0. The zero-order valence-electron chi connectivity index (χ0n) is 8.34. The fraction of sp³-hybridized carbons (Fsp3) is 0.900. The van der Waals surface area contributed by atoms with E-state index in [1.165, 1.54) is 6.42 Å². The number of ether oxygens (including phenoxy) is 1. The van der Waals surface area contributed by atoms with Gasteiger partial charge in [-0.3, -0.25) is 4.79 Å². The van der Waals surface area contributed by atoms with Gasteiger partial charge in [0.2, 0.25) is 0 Å². The van der Waals surface area contributed by atoms with Crippen LogP contribution in [0, 0.1) is 5.41 Å². The van der Waals surface area contributed by atoms with Gasteiger partial charge in [-0.15, -0.1) is 0 Å². The molecule has 76 valence electrons. The summed E-state index contributed by atoms with van der Waals surface area (Å²) in [6.45, 7) is 2.73. The molecule has 0 unspecified atom stereocenters. The molecule has 13 heavy (non-hydrogen) atoms. The van der Waals surface area contributed by atoms with E-state index in [-0.39, 0.29) is 11.4 Å². The van der Waals surface area contributed by atoms with Crippen LogP contribution in [0.2, 0.25) is 0 Å². The van der Waals surface area contributed by atoms with E-state index >= 15 is 0 Å². The Morgan fingerprint density at radius 3 is 2.46 bits per heavy atom. The van der Waals surface area contributed by atoms with Crippen LogP contribution in [-0.2, 0) is 9.53 Å². The van der Waals surface area contributed by atoms with Crippen molar-refractivity contribution in [2.75, 3.05) is 13.2 Å². The van der Waals surface area contributed by atoms with Crippen molar-refractivity contribution in [1.82, 2.24) is 0 Å². The number of carbonyl (C=O) groups is 1. The lowest BCUT2D eigenvalue weighted by Crippen LogP contribution is -2.41. The summed E-state index contributed by atoms with van der Waals surface area (Å²) < 4.78 is 5.06. The van der Waals surface area contributed by atoms with Gasteiger partial charge in [0, 0.05) is 6.54 Å². The minimum absolute atomic E-state index is 0.0859. The molecule has 0 spiro atoms. The number of hydrogen-bond donors (Lipinski definition) is 1. The Morgan fingerprint density at radius 2 is 2.00 bits per heavy atom. The molecule has 0 atom stereocenters. The maximum absolute atomic E-state index is 11.6. The number of carbonyl (C=O) groups excluding carboxylic acids is 1. The van der Waals surface area contributed by atoms with E-state index in [4.69, 9.17) is 10.5 Å². The molecule has 3 nitrogen and oxygen atoms in total. The fourth-order valence-electron chi connectivity index (χ4n) is 2.00. The van der Waals surface area contributed by atoms with Crippen LogP contribution in [0.15, 0.2) is 0 Å². The van der Waals surface area contributed by atoms with Crippen LogP contribution in [0.1, 0.15) is 39.0 Å². The van der Waals surface area contributed by atoms with Gasteiger partial charge in [0.1, 0.15) is 0 Å². The van der Waals surface area contributed by atoms with Crippen molar-refractivity contribution in [3.05, 3.63) is 0 Å². The maximum Gasteiger partial charge on any atom is 0.313 e. The second-order valence-electron chi connectivity index (χ2n) is 3.77. The molecule has 1 saturated carbocycles. The third kappa shape index (κ3) is 2.21. The first-order valence-electron chi connectivity index (χ1n) is 5.12. The average Bonchev–Trinajstić information content (AvgIpc) is 2.19. The predicted octanol–water partition coefficient (Wildman–Crippen LogP) is 1.46. The van der Waals surface area contributed by atoms with E-state index in [1.807, 2.05) is 6.92 Å². The molecule has 0 aliphatic heterocycles. The molecule has 0 bridgehead atoms. The van der Waals surface area contributed by atoms with Gasteiger partial charge in [-0.1, -0.05) is 19.3 Å². The summed E-state index contributed by atoms with van der Waals surface area (Å²) in [7, 11) is 0. The predicted molar refractivity (Wildman–Crippen MR) is 51.2 cm³/mol. The summed E-state index contributed by atoms with van der Waals surface area (Å²) in [5, 5.41) is 0. The van der Waals surface area contributed by atoms with Gasteiger partial charge < -0.3 is 10.5 Å². The van der Waals surface area contributed by atoms with Crippen LogP contribution in [0.25, 0.3) is 0 Å².